The Kier molecular flexibility index (Phi) is 6.60. The van der Waals surface area contributed by atoms with Crippen molar-refractivity contribution >= 4 is 33.8 Å². The summed E-state index contributed by atoms with van der Waals surface area (Å²) in [7, 11) is -3.27. The fourth-order valence-corrected chi connectivity index (χ4v) is 2.64. The molecule has 1 amide bonds. The zero-order valence-corrected chi connectivity index (χ0v) is 13.3. The lowest BCUT2D eigenvalue weighted by atomic mass is 10.2. The van der Waals surface area contributed by atoms with Gasteiger partial charge in [0, 0.05) is 25.0 Å². The van der Waals surface area contributed by atoms with Gasteiger partial charge in [-0.15, -0.1) is 12.4 Å². The molecule has 1 unspecified atom stereocenters. The van der Waals surface area contributed by atoms with E-state index in [1.807, 2.05) is 0 Å². The molecule has 118 valence electrons. The molecule has 0 saturated carbocycles. The van der Waals surface area contributed by atoms with Gasteiger partial charge in [0.25, 0.3) is 0 Å². The topological polar surface area (TPSA) is 84.5 Å². The third-order valence-corrected chi connectivity index (χ3v) is 4.07. The molecule has 0 radical (unpaired) electrons. The number of halogens is 1. The summed E-state index contributed by atoms with van der Waals surface area (Å²) in [6, 6.07) is 6.21. The van der Waals surface area contributed by atoms with E-state index in [4.69, 9.17) is 4.74 Å². The molecule has 2 rings (SSSR count). The molecule has 6 nitrogen and oxygen atoms in total. The minimum atomic E-state index is -3.27. The lowest BCUT2D eigenvalue weighted by Gasteiger charge is -2.23. The maximum atomic E-state index is 11.9. The fraction of sp³-hybridized carbons (Fsp3) is 0.462. The first-order valence-corrected chi connectivity index (χ1v) is 8.26. The number of carbonyl (C=O) groups is 1. The average Bonchev–Trinajstić information content (AvgIpc) is 2.39. The highest BCUT2D eigenvalue weighted by molar-refractivity contribution is 7.90. The molecule has 2 N–H and O–H groups in total. The molecule has 21 heavy (non-hydrogen) atoms. The summed E-state index contributed by atoms with van der Waals surface area (Å²) >= 11 is 0. The van der Waals surface area contributed by atoms with Crippen LogP contribution in [-0.4, -0.2) is 46.4 Å². The van der Waals surface area contributed by atoms with Crippen LogP contribution in [0.3, 0.4) is 0 Å². The third-order valence-electron chi connectivity index (χ3n) is 2.96. The van der Waals surface area contributed by atoms with Gasteiger partial charge in [-0.2, -0.15) is 0 Å². The van der Waals surface area contributed by atoms with Crippen LogP contribution in [0.2, 0.25) is 0 Å². The van der Waals surface area contributed by atoms with Crippen LogP contribution in [0.1, 0.15) is 6.42 Å². The van der Waals surface area contributed by atoms with Gasteiger partial charge in [0.15, 0.2) is 9.84 Å². The quantitative estimate of drug-likeness (QED) is 0.852. The molecule has 0 bridgehead atoms. The largest absolute Gasteiger partial charge is 0.375 e. The lowest BCUT2D eigenvalue weighted by Crippen LogP contribution is -2.40. The summed E-state index contributed by atoms with van der Waals surface area (Å²) in [5.41, 5.74) is 0.474. The summed E-state index contributed by atoms with van der Waals surface area (Å²) < 4.78 is 28.3. The van der Waals surface area contributed by atoms with Gasteiger partial charge in [0.1, 0.15) is 0 Å². The van der Waals surface area contributed by atoms with Gasteiger partial charge in [-0.05, 0) is 18.2 Å². The minimum Gasteiger partial charge on any atom is -0.375 e. The number of anilines is 1. The van der Waals surface area contributed by atoms with Crippen molar-refractivity contribution in [2.24, 2.45) is 0 Å². The van der Waals surface area contributed by atoms with Crippen LogP contribution in [0, 0.1) is 0 Å². The van der Waals surface area contributed by atoms with Gasteiger partial charge in [-0.3, -0.25) is 4.79 Å². The summed E-state index contributed by atoms with van der Waals surface area (Å²) in [5, 5.41) is 5.84. The van der Waals surface area contributed by atoms with Gasteiger partial charge in [0.2, 0.25) is 5.91 Å². The number of morpholine rings is 1. The normalized spacial score (nSPS) is 18.6. The lowest BCUT2D eigenvalue weighted by molar-refractivity contribution is -0.119. The zero-order chi connectivity index (χ0) is 14.6. The van der Waals surface area contributed by atoms with Crippen LogP contribution in [0.5, 0.6) is 0 Å². The van der Waals surface area contributed by atoms with Crippen molar-refractivity contribution in [2.45, 2.75) is 17.4 Å². The van der Waals surface area contributed by atoms with Gasteiger partial charge >= 0.3 is 0 Å². The van der Waals surface area contributed by atoms with Gasteiger partial charge in [-0.25, -0.2) is 8.42 Å². The average molecular weight is 335 g/mol. The first kappa shape index (κ1) is 17.9. The Morgan fingerprint density at radius 1 is 1.48 bits per heavy atom. The number of ether oxygens (including phenoxy) is 1. The molecule has 1 aromatic carbocycles. The molecule has 1 aromatic rings. The fourth-order valence-electron chi connectivity index (χ4n) is 1.97. The van der Waals surface area contributed by atoms with Crippen molar-refractivity contribution < 1.29 is 17.9 Å². The highest BCUT2D eigenvalue weighted by Gasteiger charge is 2.17. The third kappa shape index (κ3) is 5.62. The second-order valence-electron chi connectivity index (χ2n) is 4.75. The van der Waals surface area contributed by atoms with E-state index >= 15 is 0 Å². The highest BCUT2D eigenvalue weighted by atomic mass is 35.5. The number of amides is 1. The maximum Gasteiger partial charge on any atom is 0.227 e. The SMILES string of the molecule is CS(=O)(=O)c1cccc(NC(=O)CC2CNCCO2)c1.Cl. The zero-order valence-electron chi connectivity index (χ0n) is 11.7. The predicted molar refractivity (Wildman–Crippen MR) is 82.7 cm³/mol. The number of hydrogen-bond acceptors (Lipinski definition) is 5. The Morgan fingerprint density at radius 2 is 2.24 bits per heavy atom. The first-order valence-electron chi connectivity index (χ1n) is 6.37. The Bertz CT molecular complexity index is 586. The number of benzene rings is 1. The van der Waals surface area contributed by atoms with Gasteiger partial charge < -0.3 is 15.4 Å². The number of nitrogens with one attached hydrogen (secondary N) is 2. The van der Waals surface area contributed by atoms with Crippen LogP contribution in [0.25, 0.3) is 0 Å². The Labute approximate surface area is 130 Å². The molecule has 1 fully saturated rings. The molecule has 1 saturated heterocycles. The van der Waals surface area contributed by atoms with Crippen molar-refractivity contribution in [1.29, 1.82) is 0 Å². The number of hydrogen-bond donors (Lipinski definition) is 2. The van der Waals surface area contributed by atoms with E-state index in [0.29, 0.717) is 18.8 Å². The number of sulfone groups is 1. The highest BCUT2D eigenvalue weighted by Crippen LogP contribution is 2.16. The Balaban J connectivity index is 0.00000220. The van der Waals surface area contributed by atoms with Gasteiger partial charge in [0.05, 0.1) is 24.0 Å². The summed E-state index contributed by atoms with van der Waals surface area (Å²) in [6.45, 7) is 2.05. The number of rotatable bonds is 4. The maximum absolute atomic E-state index is 11.9. The van der Waals surface area contributed by atoms with Crippen LogP contribution in [0.15, 0.2) is 29.2 Å². The smallest absolute Gasteiger partial charge is 0.227 e. The molecule has 0 aliphatic carbocycles. The molecule has 1 atom stereocenters. The predicted octanol–water partition coefficient (Wildman–Crippen LogP) is 0.829. The van der Waals surface area contributed by atoms with Crippen molar-refractivity contribution in [1.82, 2.24) is 5.32 Å². The van der Waals surface area contributed by atoms with E-state index in [1.54, 1.807) is 12.1 Å². The van der Waals surface area contributed by atoms with Crippen LogP contribution < -0.4 is 10.6 Å². The monoisotopic (exact) mass is 334 g/mol. The summed E-state index contributed by atoms with van der Waals surface area (Å²) in [5.74, 6) is -0.190. The first-order chi connectivity index (χ1) is 9.45. The van der Waals surface area contributed by atoms with Gasteiger partial charge in [-0.1, -0.05) is 6.07 Å². The van der Waals surface area contributed by atoms with Crippen molar-refractivity contribution in [2.75, 3.05) is 31.3 Å². The summed E-state index contributed by atoms with van der Waals surface area (Å²) in [6.07, 6.45) is 1.24. The Hall–Kier alpha value is -1.15. The molecular weight excluding hydrogens is 316 g/mol. The van der Waals surface area contributed by atoms with Crippen molar-refractivity contribution in [3.8, 4) is 0 Å². The van der Waals surface area contributed by atoms with Crippen LogP contribution in [0.4, 0.5) is 5.69 Å². The molecule has 0 spiro atoms. The van der Waals surface area contributed by atoms with E-state index in [9.17, 15) is 13.2 Å². The van der Waals surface area contributed by atoms with Crippen molar-refractivity contribution in [3.05, 3.63) is 24.3 Å². The summed E-state index contributed by atoms with van der Waals surface area (Å²) in [4.78, 5) is 12.1. The number of carbonyl (C=O) groups excluding carboxylic acids is 1. The van der Waals surface area contributed by atoms with E-state index in [-0.39, 0.29) is 35.7 Å². The van der Waals surface area contributed by atoms with E-state index in [2.05, 4.69) is 10.6 Å². The Morgan fingerprint density at radius 3 is 2.86 bits per heavy atom. The molecule has 1 heterocycles. The molecule has 1 aliphatic rings. The van der Waals surface area contributed by atoms with E-state index < -0.39 is 9.84 Å². The minimum absolute atomic E-state index is 0. The van der Waals surface area contributed by atoms with E-state index in [0.717, 1.165) is 12.8 Å². The molecular formula is C13H19ClN2O4S. The second kappa shape index (κ2) is 7.74. The van der Waals surface area contributed by atoms with Crippen LogP contribution in [-0.2, 0) is 19.4 Å². The molecule has 0 aromatic heterocycles. The second-order valence-corrected chi connectivity index (χ2v) is 6.76. The molecule has 1 aliphatic heterocycles. The van der Waals surface area contributed by atoms with Crippen molar-refractivity contribution in [3.63, 3.8) is 0 Å². The standard InChI is InChI=1S/C13H18N2O4S.ClH/c1-20(17,18)12-4-2-3-10(7-12)15-13(16)8-11-9-14-5-6-19-11;/h2-4,7,11,14H,5-6,8-9H2,1H3,(H,15,16);1H. The van der Waals surface area contributed by atoms with Crippen LogP contribution >= 0.6 is 12.4 Å². The van der Waals surface area contributed by atoms with E-state index in [1.165, 1.54) is 12.1 Å². The molecule has 8 heteroatoms.